The number of aliphatic hydroxyl groups is 2. The average Bonchev–Trinajstić information content (AvgIpc) is 2.49. The third kappa shape index (κ3) is 4.33. The van der Waals surface area contributed by atoms with Crippen LogP contribution in [0.2, 0.25) is 0 Å². The van der Waals surface area contributed by atoms with Gasteiger partial charge in [0.25, 0.3) is 0 Å². The fourth-order valence-corrected chi connectivity index (χ4v) is 2.64. The molecule has 1 aromatic rings. The van der Waals surface area contributed by atoms with Crippen molar-refractivity contribution in [2.24, 2.45) is 5.92 Å². The van der Waals surface area contributed by atoms with Gasteiger partial charge in [-0.3, -0.25) is 4.90 Å². The number of rotatable bonds is 6. The maximum absolute atomic E-state index is 9.91. The molecule has 1 aromatic carbocycles. The van der Waals surface area contributed by atoms with Gasteiger partial charge >= 0.3 is 0 Å². The van der Waals surface area contributed by atoms with Gasteiger partial charge in [-0.05, 0) is 37.6 Å². The summed E-state index contributed by atoms with van der Waals surface area (Å²) in [5.74, 6) is 1.50. The molecule has 1 saturated heterocycles. The van der Waals surface area contributed by atoms with Gasteiger partial charge in [0.2, 0.25) is 0 Å². The van der Waals surface area contributed by atoms with Crippen LogP contribution in [0.15, 0.2) is 18.2 Å². The molecular weight excluding hydrogens is 270 g/mol. The van der Waals surface area contributed by atoms with Gasteiger partial charge < -0.3 is 19.7 Å². The van der Waals surface area contributed by atoms with Crippen LogP contribution in [0.4, 0.5) is 0 Å². The van der Waals surface area contributed by atoms with E-state index in [9.17, 15) is 5.11 Å². The zero-order chi connectivity index (χ0) is 15.2. The average molecular weight is 295 g/mol. The van der Waals surface area contributed by atoms with Crippen LogP contribution in [0.25, 0.3) is 0 Å². The van der Waals surface area contributed by atoms with E-state index in [1.807, 2.05) is 25.1 Å². The SMILES string of the molecule is COc1cc(C)ccc1OCCN1CC[C@H](CO)[C@H](O)C1. The first-order chi connectivity index (χ1) is 10.1. The first-order valence-electron chi connectivity index (χ1n) is 7.42. The number of aliphatic hydroxyl groups excluding tert-OH is 2. The number of nitrogens with zero attached hydrogens (tertiary/aromatic N) is 1. The van der Waals surface area contributed by atoms with E-state index in [-0.39, 0.29) is 12.5 Å². The summed E-state index contributed by atoms with van der Waals surface area (Å²) >= 11 is 0. The summed E-state index contributed by atoms with van der Waals surface area (Å²) in [6, 6.07) is 5.86. The molecule has 0 unspecified atom stereocenters. The first-order valence-corrected chi connectivity index (χ1v) is 7.42. The molecule has 2 rings (SSSR count). The lowest BCUT2D eigenvalue weighted by atomic mass is 9.95. The molecular formula is C16H25NO4. The number of piperidine rings is 1. The van der Waals surface area contributed by atoms with Crippen LogP contribution in [0.3, 0.4) is 0 Å². The molecule has 5 heteroatoms. The number of hydrogen-bond donors (Lipinski definition) is 2. The Morgan fingerprint density at radius 2 is 2.14 bits per heavy atom. The van der Waals surface area contributed by atoms with Gasteiger partial charge in [-0.2, -0.15) is 0 Å². The molecule has 0 spiro atoms. The second-order valence-corrected chi connectivity index (χ2v) is 5.60. The van der Waals surface area contributed by atoms with Gasteiger partial charge in [0.15, 0.2) is 11.5 Å². The van der Waals surface area contributed by atoms with E-state index in [1.54, 1.807) is 7.11 Å². The molecule has 1 aliphatic rings. The van der Waals surface area contributed by atoms with Crippen LogP contribution in [0.5, 0.6) is 11.5 Å². The summed E-state index contributed by atoms with van der Waals surface area (Å²) in [5, 5.41) is 19.0. The van der Waals surface area contributed by atoms with Gasteiger partial charge in [-0.15, -0.1) is 0 Å². The number of likely N-dealkylation sites (tertiary alicyclic amines) is 1. The van der Waals surface area contributed by atoms with Crippen molar-refractivity contribution in [1.29, 1.82) is 0 Å². The highest BCUT2D eigenvalue weighted by Crippen LogP contribution is 2.27. The number of β-amino-alcohol motifs (C(OH)–C–C–N with tert-alkyl or cyclic N) is 1. The Morgan fingerprint density at radius 1 is 1.33 bits per heavy atom. The first kappa shape index (κ1) is 16.1. The fourth-order valence-electron chi connectivity index (χ4n) is 2.64. The third-order valence-corrected chi connectivity index (χ3v) is 4.02. The van der Waals surface area contributed by atoms with Crippen LogP contribution in [-0.2, 0) is 0 Å². The smallest absolute Gasteiger partial charge is 0.161 e. The van der Waals surface area contributed by atoms with E-state index in [0.29, 0.717) is 13.2 Å². The Hall–Kier alpha value is -1.30. The van der Waals surface area contributed by atoms with Gasteiger partial charge in [-0.25, -0.2) is 0 Å². The lowest BCUT2D eigenvalue weighted by molar-refractivity contribution is -0.00500. The lowest BCUT2D eigenvalue weighted by Crippen LogP contribution is -2.46. The number of methoxy groups -OCH3 is 1. The van der Waals surface area contributed by atoms with Crippen molar-refractivity contribution < 1.29 is 19.7 Å². The maximum atomic E-state index is 9.91. The monoisotopic (exact) mass is 295 g/mol. The summed E-state index contributed by atoms with van der Waals surface area (Å²) in [4.78, 5) is 2.16. The Bertz CT molecular complexity index is 452. The molecule has 0 saturated carbocycles. The standard InChI is InChI=1S/C16H25NO4/c1-12-3-4-15(16(9-12)20-2)21-8-7-17-6-5-13(11-18)14(19)10-17/h3-4,9,13-14,18-19H,5-8,10-11H2,1-2H3/t13-,14-/m1/s1. The molecule has 118 valence electrons. The topological polar surface area (TPSA) is 62.2 Å². The van der Waals surface area contributed by atoms with E-state index >= 15 is 0 Å². The molecule has 1 fully saturated rings. The van der Waals surface area contributed by atoms with Gasteiger partial charge in [0.05, 0.1) is 13.2 Å². The molecule has 0 radical (unpaired) electrons. The van der Waals surface area contributed by atoms with E-state index in [2.05, 4.69) is 4.90 Å². The van der Waals surface area contributed by atoms with Crippen molar-refractivity contribution in [3.8, 4) is 11.5 Å². The largest absolute Gasteiger partial charge is 0.493 e. The number of aryl methyl sites for hydroxylation is 1. The summed E-state index contributed by atoms with van der Waals surface area (Å²) in [7, 11) is 1.64. The van der Waals surface area contributed by atoms with Crippen molar-refractivity contribution in [3.05, 3.63) is 23.8 Å². The van der Waals surface area contributed by atoms with Crippen molar-refractivity contribution >= 4 is 0 Å². The molecule has 21 heavy (non-hydrogen) atoms. The minimum absolute atomic E-state index is 0.0133. The Morgan fingerprint density at radius 3 is 2.81 bits per heavy atom. The van der Waals surface area contributed by atoms with Crippen molar-refractivity contribution in [2.45, 2.75) is 19.4 Å². The highest BCUT2D eigenvalue weighted by molar-refractivity contribution is 5.42. The molecule has 1 aliphatic heterocycles. The predicted octanol–water partition coefficient (Wildman–Crippen LogP) is 1.06. The molecule has 0 aliphatic carbocycles. The molecule has 2 N–H and O–H groups in total. The maximum Gasteiger partial charge on any atom is 0.161 e. The number of benzene rings is 1. The zero-order valence-electron chi connectivity index (χ0n) is 12.8. The van der Waals surface area contributed by atoms with Crippen molar-refractivity contribution in [3.63, 3.8) is 0 Å². The van der Waals surface area contributed by atoms with Crippen molar-refractivity contribution in [1.82, 2.24) is 4.90 Å². The minimum atomic E-state index is -0.447. The van der Waals surface area contributed by atoms with Crippen LogP contribution in [-0.4, -0.2) is 61.2 Å². The van der Waals surface area contributed by atoms with Crippen LogP contribution < -0.4 is 9.47 Å². The third-order valence-electron chi connectivity index (χ3n) is 4.02. The summed E-state index contributed by atoms with van der Waals surface area (Å²) < 4.78 is 11.1. The van der Waals surface area contributed by atoms with Crippen LogP contribution in [0.1, 0.15) is 12.0 Å². The Labute approximate surface area is 126 Å². The molecule has 0 bridgehead atoms. The molecule has 1 heterocycles. The summed E-state index contributed by atoms with van der Waals surface area (Å²) in [5.41, 5.74) is 1.13. The second kappa shape index (κ2) is 7.64. The highest BCUT2D eigenvalue weighted by Gasteiger charge is 2.26. The summed E-state index contributed by atoms with van der Waals surface area (Å²) in [6.45, 7) is 4.86. The molecule has 0 aromatic heterocycles. The summed E-state index contributed by atoms with van der Waals surface area (Å²) in [6.07, 6.45) is 0.378. The highest BCUT2D eigenvalue weighted by atomic mass is 16.5. The fraction of sp³-hybridized carbons (Fsp3) is 0.625. The molecule has 0 amide bonds. The van der Waals surface area contributed by atoms with Crippen LogP contribution >= 0.6 is 0 Å². The van der Waals surface area contributed by atoms with Gasteiger partial charge in [0, 0.05) is 25.6 Å². The quantitative estimate of drug-likeness (QED) is 0.821. The van der Waals surface area contributed by atoms with Gasteiger partial charge in [0.1, 0.15) is 6.61 Å². The predicted molar refractivity (Wildman–Crippen MR) is 80.9 cm³/mol. The van der Waals surface area contributed by atoms with E-state index in [1.165, 1.54) is 0 Å². The number of ether oxygens (including phenoxy) is 2. The van der Waals surface area contributed by atoms with E-state index in [4.69, 9.17) is 14.6 Å². The second-order valence-electron chi connectivity index (χ2n) is 5.60. The molecule has 2 atom stereocenters. The Kier molecular flexibility index (Phi) is 5.85. The van der Waals surface area contributed by atoms with E-state index < -0.39 is 6.10 Å². The van der Waals surface area contributed by atoms with Crippen molar-refractivity contribution in [2.75, 3.05) is 40.0 Å². The Balaban J connectivity index is 1.80. The number of hydrogen-bond acceptors (Lipinski definition) is 5. The van der Waals surface area contributed by atoms with Gasteiger partial charge in [-0.1, -0.05) is 6.07 Å². The minimum Gasteiger partial charge on any atom is -0.493 e. The van der Waals surface area contributed by atoms with Crippen LogP contribution in [0, 0.1) is 12.8 Å². The lowest BCUT2D eigenvalue weighted by Gasteiger charge is -2.34. The zero-order valence-corrected chi connectivity index (χ0v) is 12.8. The molecule has 5 nitrogen and oxygen atoms in total. The normalized spacial score (nSPS) is 23.0. The van der Waals surface area contributed by atoms with E-state index in [0.717, 1.165) is 36.6 Å².